The second kappa shape index (κ2) is 5.47. The molecule has 0 saturated heterocycles. The third-order valence-electron chi connectivity index (χ3n) is 1.46. The lowest BCUT2D eigenvalue weighted by Gasteiger charge is -2.22. The standard InChI is InChI=1S/C13H17N/c1-4-10-14(3)12(2)11-13-8-6-5-7-9-13/h1,5-9,12H,10-11H2,2-3H3/t12-/m1/s1/i3D3,5D,6D,7D,8D,9D,11D2,12D. The smallest absolute Gasteiger partial charge is 0.0626 e. The normalized spacial score (nSPS) is 27.9. The van der Waals surface area contributed by atoms with Gasteiger partial charge in [-0.1, -0.05) is 36.1 Å². The van der Waals surface area contributed by atoms with Gasteiger partial charge in [0.05, 0.1) is 13.4 Å². The third-order valence-corrected chi connectivity index (χ3v) is 1.46. The molecule has 1 heteroatoms. The van der Waals surface area contributed by atoms with Crippen LogP contribution in [0.3, 0.4) is 0 Å². The van der Waals surface area contributed by atoms with Gasteiger partial charge in [0.1, 0.15) is 0 Å². The highest BCUT2D eigenvalue weighted by Gasteiger charge is 2.07. The molecule has 0 aliphatic heterocycles. The fourth-order valence-corrected chi connectivity index (χ4v) is 0.771. The van der Waals surface area contributed by atoms with Gasteiger partial charge in [0.15, 0.2) is 0 Å². The summed E-state index contributed by atoms with van der Waals surface area (Å²) in [5.41, 5.74) is -0.790. The molecule has 1 rings (SSSR count). The Morgan fingerprint density at radius 1 is 1.71 bits per heavy atom. The topological polar surface area (TPSA) is 3.24 Å². The Bertz CT molecular complexity index is 685. The fraction of sp³-hybridized carbons (Fsp3) is 0.385. The zero-order valence-corrected chi connectivity index (χ0v) is 7.73. The van der Waals surface area contributed by atoms with Crippen LogP contribution in [0.2, 0.25) is 0 Å². The van der Waals surface area contributed by atoms with Gasteiger partial charge in [-0.2, -0.15) is 0 Å². The largest absolute Gasteiger partial charge is 0.292 e. The number of rotatable bonds is 4. The molecular weight excluding hydrogens is 170 g/mol. The SMILES string of the molecule is [2H]c1c([2H])c([2H])c(C([2H])([2H])[C@@]([2H])(C)N(CC#C)C([2H])([2H])[2H])c([2H])c1[2H]. The average Bonchev–Trinajstić information content (AvgIpc) is 2.47. The van der Waals surface area contributed by atoms with Crippen molar-refractivity contribution in [2.24, 2.45) is 0 Å². The molecular formula is C13H17N. The second-order valence-corrected chi connectivity index (χ2v) is 2.50. The van der Waals surface area contributed by atoms with E-state index in [2.05, 4.69) is 0 Å². The van der Waals surface area contributed by atoms with Crippen molar-refractivity contribution >= 4 is 0 Å². The number of hydrogen-bond donors (Lipinski definition) is 0. The van der Waals surface area contributed by atoms with Crippen molar-refractivity contribution in [2.75, 3.05) is 13.5 Å². The lowest BCUT2D eigenvalue weighted by molar-refractivity contribution is 0.287. The first kappa shape index (κ1) is 3.12. The summed E-state index contributed by atoms with van der Waals surface area (Å²) in [5.74, 6) is 2.05. The molecule has 0 heterocycles. The quantitative estimate of drug-likeness (QED) is 0.670. The maximum Gasteiger partial charge on any atom is 0.0626 e. The second-order valence-electron chi connectivity index (χ2n) is 2.50. The molecule has 1 aromatic rings. The molecule has 0 aromatic heterocycles. The van der Waals surface area contributed by atoms with Crippen molar-refractivity contribution in [2.45, 2.75) is 19.3 Å². The van der Waals surface area contributed by atoms with Gasteiger partial charge in [0, 0.05) is 14.2 Å². The van der Waals surface area contributed by atoms with Crippen LogP contribution in [0.5, 0.6) is 0 Å². The molecule has 1 aromatic carbocycles. The summed E-state index contributed by atoms with van der Waals surface area (Å²) in [6.07, 6.45) is 2.19. The zero-order valence-electron chi connectivity index (χ0n) is 18.7. The van der Waals surface area contributed by atoms with Crippen LogP contribution in [0.15, 0.2) is 30.2 Å². The molecule has 0 unspecified atom stereocenters. The van der Waals surface area contributed by atoms with Gasteiger partial charge in [-0.15, -0.1) is 6.42 Å². The number of likely N-dealkylation sites (N-methyl/N-ethyl adjacent to an activating group) is 1. The summed E-state index contributed by atoms with van der Waals surface area (Å²) in [5, 5.41) is 0. The van der Waals surface area contributed by atoms with Crippen LogP contribution < -0.4 is 0 Å². The van der Waals surface area contributed by atoms with E-state index in [4.69, 9.17) is 21.5 Å². The Balaban J connectivity index is 3.74. The van der Waals surface area contributed by atoms with Crippen LogP contribution in [0, 0.1) is 12.3 Å². The Morgan fingerprint density at radius 2 is 2.43 bits per heavy atom. The zero-order chi connectivity index (χ0) is 20.0. The summed E-state index contributed by atoms with van der Waals surface area (Å²) in [6, 6.07) is -6.46. The average molecular weight is 198 g/mol. The van der Waals surface area contributed by atoms with Gasteiger partial charge < -0.3 is 0 Å². The predicted octanol–water partition coefficient (Wildman–Crippen LogP) is 2.18. The summed E-state index contributed by atoms with van der Waals surface area (Å²) in [6.45, 7) is -2.57. The van der Waals surface area contributed by atoms with E-state index in [9.17, 15) is 0 Å². The van der Waals surface area contributed by atoms with Crippen LogP contribution in [0.1, 0.15) is 27.6 Å². The van der Waals surface area contributed by atoms with Crippen LogP contribution >= 0.6 is 0 Å². The first-order valence-corrected chi connectivity index (χ1v) is 3.91. The third kappa shape index (κ3) is 3.24. The van der Waals surface area contributed by atoms with Crippen molar-refractivity contribution in [1.29, 1.82) is 0 Å². The van der Waals surface area contributed by atoms with E-state index < -0.39 is 61.7 Å². The van der Waals surface area contributed by atoms with E-state index in [1.807, 2.05) is 5.92 Å². The highest BCUT2D eigenvalue weighted by molar-refractivity contribution is 5.15. The Kier molecular flexibility index (Phi) is 1.22. The van der Waals surface area contributed by atoms with Gasteiger partial charge in [-0.3, -0.25) is 4.90 Å². The van der Waals surface area contributed by atoms with Gasteiger partial charge in [0.25, 0.3) is 0 Å². The molecule has 0 spiro atoms. The molecule has 0 fully saturated rings. The van der Waals surface area contributed by atoms with E-state index in [0.29, 0.717) is 4.90 Å². The predicted molar refractivity (Wildman–Crippen MR) is 61.1 cm³/mol. The van der Waals surface area contributed by atoms with Crippen LogP contribution in [0.25, 0.3) is 0 Å². The Morgan fingerprint density at radius 3 is 3.00 bits per heavy atom. The van der Waals surface area contributed by atoms with Crippen molar-refractivity contribution in [3.8, 4) is 12.3 Å². The summed E-state index contributed by atoms with van der Waals surface area (Å²) in [7, 11) is 0. The molecule has 0 bridgehead atoms. The monoisotopic (exact) mass is 198 g/mol. The van der Waals surface area contributed by atoms with E-state index in [0.717, 1.165) is 6.92 Å². The van der Waals surface area contributed by atoms with Crippen molar-refractivity contribution in [1.82, 2.24) is 4.90 Å². The Hall–Kier alpha value is -1.26. The number of hydrogen-bond acceptors (Lipinski definition) is 1. The van der Waals surface area contributed by atoms with Gasteiger partial charge in [-0.05, 0) is 25.8 Å². The van der Waals surface area contributed by atoms with Gasteiger partial charge in [0.2, 0.25) is 0 Å². The van der Waals surface area contributed by atoms with Crippen LogP contribution in [0.4, 0.5) is 0 Å². The molecule has 14 heavy (non-hydrogen) atoms. The van der Waals surface area contributed by atoms with Crippen molar-refractivity contribution in [3.63, 3.8) is 0 Å². The van der Waals surface area contributed by atoms with Crippen LogP contribution in [-0.2, 0) is 6.37 Å². The molecule has 1 atom stereocenters. The van der Waals surface area contributed by atoms with E-state index >= 15 is 0 Å². The number of benzene rings is 1. The Labute approximate surface area is 102 Å². The molecule has 0 aliphatic rings. The number of nitrogens with zero attached hydrogens (tertiary/aromatic N) is 1. The molecule has 0 saturated carbocycles. The maximum absolute atomic E-state index is 8.33. The first-order valence-electron chi connectivity index (χ1n) is 9.41. The minimum Gasteiger partial charge on any atom is -0.292 e. The van der Waals surface area contributed by atoms with Crippen molar-refractivity contribution < 1.29 is 15.1 Å². The molecule has 0 aliphatic carbocycles. The highest BCUT2D eigenvalue weighted by Crippen LogP contribution is 2.06. The molecule has 74 valence electrons. The van der Waals surface area contributed by atoms with Gasteiger partial charge in [-0.25, -0.2) is 0 Å². The van der Waals surface area contributed by atoms with E-state index in [1.54, 1.807) is 0 Å². The lowest BCUT2D eigenvalue weighted by atomic mass is 10.1. The lowest BCUT2D eigenvalue weighted by Crippen LogP contribution is -2.31. The van der Waals surface area contributed by atoms with Gasteiger partial charge >= 0.3 is 0 Å². The first-order chi connectivity index (χ1) is 11.1. The summed E-state index contributed by atoms with van der Waals surface area (Å²) in [4.78, 5) is 0.431. The molecule has 0 radical (unpaired) electrons. The van der Waals surface area contributed by atoms with E-state index in [1.165, 1.54) is 0 Å². The fourth-order valence-electron chi connectivity index (χ4n) is 0.771. The summed E-state index contributed by atoms with van der Waals surface area (Å²) >= 11 is 0. The number of terminal acetylenes is 1. The molecule has 0 N–H and O–H groups in total. The molecule has 1 nitrogen and oxygen atoms in total. The minimum atomic E-state index is -2.94. The highest BCUT2D eigenvalue weighted by atomic mass is 15.1. The van der Waals surface area contributed by atoms with E-state index in [-0.39, 0.29) is 0 Å². The van der Waals surface area contributed by atoms with Crippen molar-refractivity contribution in [3.05, 3.63) is 35.8 Å². The summed E-state index contributed by atoms with van der Waals surface area (Å²) < 4.78 is 85.9. The maximum atomic E-state index is 8.33. The van der Waals surface area contributed by atoms with Crippen LogP contribution in [-0.4, -0.2) is 24.4 Å². The minimum absolute atomic E-state index is 0.431. The molecule has 0 amide bonds.